The predicted molar refractivity (Wildman–Crippen MR) is 90.4 cm³/mol. The third-order valence-electron chi connectivity index (χ3n) is 2.80. The number of carbonyl (C=O) groups is 1. The van der Waals surface area contributed by atoms with E-state index in [9.17, 15) is 4.79 Å². The third-order valence-corrected chi connectivity index (χ3v) is 3.40. The van der Waals surface area contributed by atoms with E-state index in [1.54, 1.807) is 36.4 Å². The normalized spacial score (nSPS) is 10.6. The van der Waals surface area contributed by atoms with Gasteiger partial charge in [0.1, 0.15) is 12.4 Å². The van der Waals surface area contributed by atoms with Crippen molar-refractivity contribution < 1.29 is 9.53 Å². The van der Waals surface area contributed by atoms with Gasteiger partial charge < -0.3 is 10.1 Å². The number of ether oxygens (including phenoxy) is 1. The van der Waals surface area contributed by atoms with Crippen LogP contribution in [0, 0.1) is 0 Å². The quantitative estimate of drug-likeness (QED) is 0.634. The first kappa shape index (κ1) is 16.4. The van der Waals surface area contributed by atoms with Crippen LogP contribution >= 0.6 is 23.2 Å². The van der Waals surface area contributed by atoms with Crippen LogP contribution < -0.4 is 10.1 Å². The summed E-state index contributed by atoms with van der Waals surface area (Å²) in [4.78, 5) is 11.7. The summed E-state index contributed by atoms with van der Waals surface area (Å²) in [5, 5.41) is 4.00. The second-order valence-electron chi connectivity index (χ2n) is 4.45. The average Bonchev–Trinajstić information content (AvgIpc) is 2.52. The summed E-state index contributed by atoms with van der Waals surface area (Å²) >= 11 is 11.8. The van der Waals surface area contributed by atoms with Crippen LogP contribution in [0.1, 0.15) is 5.56 Å². The SMILES string of the molecule is O=C(/C=C/c1ccccc1Cl)NCCOc1ccc(Cl)cc1. The lowest BCUT2D eigenvalue weighted by atomic mass is 10.2. The lowest BCUT2D eigenvalue weighted by Gasteiger charge is -2.06. The number of hydrogen-bond donors (Lipinski definition) is 1. The van der Waals surface area contributed by atoms with E-state index in [0.717, 1.165) is 5.56 Å². The Morgan fingerprint density at radius 1 is 1.09 bits per heavy atom. The van der Waals surface area contributed by atoms with Crippen molar-refractivity contribution in [3.05, 3.63) is 70.2 Å². The fourth-order valence-electron chi connectivity index (χ4n) is 1.71. The van der Waals surface area contributed by atoms with Gasteiger partial charge in [-0.25, -0.2) is 0 Å². The van der Waals surface area contributed by atoms with Gasteiger partial charge in [-0.05, 0) is 42.0 Å². The molecule has 2 aromatic carbocycles. The molecule has 0 aliphatic carbocycles. The number of halogens is 2. The summed E-state index contributed by atoms with van der Waals surface area (Å²) < 4.78 is 5.47. The first-order valence-electron chi connectivity index (χ1n) is 6.74. The second-order valence-corrected chi connectivity index (χ2v) is 5.29. The minimum atomic E-state index is -0.195. The molecule has 0 radical (unpaired) electrons. The molecule has 0 aliphatic heterocycles. The standard InChI is InChI=1S/C17H15Cl2NO2/c18-14-6-8-15(9-7-14)22-12-11-20-17(21)10-5-13-3-1-2-4-16(13)19/h1-10H,11-12H2,(H,20,21)/b10-5+. The molecule has 0 heterocycles. The molecule has 0 atom stereocenters. The van der Waals surface area contributed by atoms with Gasteiger partial charge in [0.05, 0.1) is 6.54 Å². The molecule has 0 aromatic heterocycles. The molecule has 0 aliphatic rings. The van der Waals surface area contributed by atoms with Gasteiger partial charge in [0.25, 0.3) is 0 Å². The molecular weight excluding hydrogens is 321 g/mol. The minimum Gasteiger partial charge on any atom is -0.492 e. The Bertz CT molecular complexity index is 654. The highest BCUT2D eigenvalue weighted by molar-refractivity contribution is 6.32. The van der Waals surface area contributed by atoms with E-state index >= 15 is 0 Å². The number of rotatable bonds is 6. The van der Waals surface area contributed by atoms with E-state index in [-0.39, 0.29) is 5.91 Å². The third kappa shape index (κ3) is 5.43. The van der Waals surface area contributed by atoms with Crippen molar-refractivity contribution in [2.45, 2.75) is 0 Å². The molecule has 1 N–H and O–H groups in total. The number of carbonyl (C=O) groups excluding carboxylic acids is 1. The highest BCUT2D eigenvalue weighted by atomic mass is 35.5. The van der Waals surface area contributed by atoms with Crippen molar-refractivity contribution in [3.63, 3.8) is 0 Å². The summed E-state index contributed by atoms with van der Waals surface area (Å²) in [6, 6.07) is 14.4. The van der Waals surface area contributed by atoms with Crippen molar-refractivity contribution in [1.82, 2.24) is 5.32 Å². The van der Waals surface area contributed by atoms with Crippen molar-refractivity contribution >= 4 is 35.2 Å². The van der Waals surface area contributed by atoms with Crippen molar-refractivity contribution in [1.29, 1.82) is 0 Å². The highest BCUT2D eigenvalue weighted by Gasteiger charge is 1.98. The Balaban J connectivity index is 1.72. The lowest BCUT2D eigenvalue weighted by Crippen LogP contribution is -2.26. The van der Waals surface area contributed by atoms with E-state index in [0.29, 0.717) is 28.9 Å². The molecule has 0 spiro atoms. The molecule has 0 saturated heterocycles. The van der Waals surface area contributed by atoms with Gasteiger partial charge in [-0.15, -0.1) is 0 Å². The smallest absolute Gasteiger partial charge is 0.244 e. The van der Waals surface area contributed by atoms with E-state index in [1.165, 1.54) is 6.08 Å². The van der Waals surface area contributed by atoms with Gasteiger partial charge in [-0.3, -0.25) is 4.79 Å². The first-order chi connectivity index (χ1) is 10.6. The Labute approximate surface area is 139 Å². The molecule has 1 amide bonds. The molecule has 0 bridgehead atoms. The van der Waals surface area contributed by atoms with Crippen molar-refractivity contribution in [3.8, 4) is 5.75 Å². The number of hydrogen-bond acceptors (Lipinski definition) is 2. The maximum Gasteiger partial charge on any atom is 0.244 e. The summed E-state index contributed by atoms with van der Waals surface area (Å²) in [6.45, 7) is 0.793. The molecule has 22 heavy (non-hydrogen) atoms. The first-order valence-corrected chi connectivity index (χ1v) is 7.49. The van der Waals surface area contributed by atoms with Gasteiger partial charge in [-0.2, -0.15) is 0 Å². The maximum absolute atomic E-state index is 11.7. The van der Waals surface area contributed by atoms with Gasteiger partial charge in [0.15, 0.2) is 0 Å². The van der Waals surface area contributed by atoms with Crippen LogP contribution in [0.15, 0.2) is 54.6 Å². The number of benzene rings is 2. The van der Waals surface area contributed by atoms with E-state index in [4.69, 9.17) is 27.9 Å². The second kappa shape index (κ2) is 8.47. The predicted octanol–water partition coefficient (Wildman–Crippen LogP) is 4.20. The van der Waals surface area contributed by atoms with Crippen LogP contribution in [0.4, 0.5) is 0 Å². The monoisotopic (exact) mass is 335 g/mol. The van der Waals surface area contributed by atoms with Gasteiger partial charge in [0.2, 0.25) is 5.91 Å². The Kier molecular flexibility index (Phi) is 6.31. The molecule has 5 heteroatoms. The van der Waals surface area contributed by atoms with Gasteiger partial charge in [-0.1, -0.05) is 41.4 Å². The van der Waals surface area contributed by atoms with Crippen LogP contribution in [0.3, 0.4) is 0 Å². The van der Waals surface area contributed by atoms with Crippen LogP contribution in [-0.4, -0.2) is 19.1 Å². The van der Waals surface area contributed by atoms with Gasteiger partial charge >= 0.3 is 0 Å². The molecular formula is C17H15Cl2NO2. The average molecular weight is 336 g/mol. The zero-order chi connectivity index (χ0) is 15.8. The lowest BCUT2D eigenvalue weighted by molar-refractivity contribution is -0.116. The summed E-state index contributed by atoms with van der Waals surface area (Å²) in [6.07, 6.45) is 3.13. The molecule has 0 unspecified atom stereocenters. The molecule has 0 fully saturated rings. The minimum absolute atomic E-state index is 0.195. The number of nitrogens with one attached hydrogen (secondary N) is 1. The molecule has 3 nitrogen and oxygen atoms in total. The molecule has 114 valence electrons. The summed E-state index contributed by atoms with van der Waals surface area (Å²) in [5.41, 5.74) is 0.803. The van der Waals surface area contributed by atoms with E-state index in [2.05, 4.69) is 5.32 Å². The van der Waals surface area contributed by atoms with Crippen LogP contribution in [0.25, 0.3) is 6.08 Å². The zero-order valence-electron chi connectivity index (χ0n) is 11.8. The molecule has 0 saturated carbocycles. The number of amides is 1. The molecule has 2 rings (SSSR count). The van der Waals surface area contributed by atoms with Crippen LogP contribution in [0.5, 0.6) is 5.75 Å². The molecule has 2 aromatic rings. The van der Waals surface area contributed by atoms with Crippen molar-refractivity contribution in [2.75, 3.05) is 13.2 Å². The Morgan fingerprint density at radius 3 is 2.55 bits per heavy atom. The maximum atomic E-state index is 11.7. The highest BCUT2D eigenvalue weighted by Crippen LogP contribution is 2.16. The topological polar surface area (TPSA) is 38.3 Å². The summed E-state index contributed by atoms with van der Waals surface area (Å²) in [7, 11) is 0. The Hall–Kier alpha value is -1.97. The fraction of sp³-hybridized carbons (Fsp3) is 0.118. The summed E-state index contributed by atoms with van der Waals surface area (Å²) in [5.74, 6) is 0.518. The van der Waals surface area contributed by atoms with Crippen LogP contribution in [0.2, 0.25) is 10.0 Å². The van der Waals surface area contributed by atoms with Crippen LogP contribution in [-0.2, 0) is 4.79 Å². The Morgan fingerprint density at radius 2 is 1.82 bits per heavy atom. The van der Waals surface area contributed by atoms with E-state index < -0.39 is 0 Å². The van der Waals surface area contributed by atoms with Gasteiger partial charge in [0, 0.05) is 16.1 Å². The fourth-order valence-corrected chi connectivity index (χ4v) is 2.03. The van der Waals surface area contributed by atoms with E-state index in [1.807, 2.05) is 18.2 Å². The zero-order valence-corrected chi connectivity index (χ0v) is 13.3. The largest absolute Gasteiger partial charge is 0.492 e. The van der Waals surface area contributed by atoms with Crippen molar-refractivity contribution in [2.24, 2.45) is 0 Å².